The number of carbonyl (C=O) groups excluding carboxylic acids is 1. The lowest BCUT2D eigenvalue weighted by Crippen LogP contribution is -2.36. The van der Waals surface area contributed by atoms with E-state index in [9.17, 15) is 13.2 Å². The predicted molar refractivity (Wildman–Crippen MR) is 100 cm³/mol. The fraction of sp³-hybridized carbons (Fsp3) is 0.316. The van der Waals surface area contributed by atoms with Crippen molar-refractivity contribution < 1.29 is 27.4 Å². The Bertz CT molecular complexity index is 847. The Morgan fingerprint density at radius 2 is 1.44 bits per heavy atom. The molecule has 27 heavy (non-hydrogen) atoms. The summed E-state index contributed by atoms with van der Waals surface area (Å²) in [4.78, 5) is 12.0. The van der Waals surface area contributed by atoms with Gasteiger partial charge in [0, 0.05) is 6.54 Å². The van der Waals surface area contributed by atoms with E-state index in [1.807, 2.05) is 0 Å². The molecule has 0 atom stereocenters. The lowest BCUT2D eigenvalue weighted by atomic mass is 10.2. The van der Waals surface area contributed by atoms with E-state index < -0.39 is 16.0 Å². The zero-order valence-corrected chi connectivity index (χ0v) is 16.4. The molecule has 0 heterocycles. The van der Waals surface area contributed by atoms with E-state index in [1.165, 1.54) is 19.2 Å². The average Bonchev–Trinajstić information content (AvgIpc) is 2.68. The predicted octanol–water partition coefficient (Wildman–Crippen LogP) is 2.46. The molecule has 2 rings (SSSR count). The molecule has 0 spiro atoms. The number of ether oxygens (including phenoxy) is 3. The van der Waals surface area contributed by atoms with E-state index in [0.717, 1.165) is 9.87 Å². The van der Waals surface area contributed by atoms with Gasteiger partial charge in [0.25, 0.3) is 0 Å². The number of nitrogens with zero attached hydrogens (tertiary/aromatic N) is 1. The van der Waals surface area contributed by atoms with Gasteiger partial charge in [-0.1, -0.05) is 12.1 Å². The lowest BCUT2D eigenvalue weighted by molar-refractivity contribution is -0.143. The highest BCUT2D eigenvalue weighted by molar-refractivity contribution is 7.89. The van der Waals surface area contributed by atoms with Crippen molar-refractivity contribution in [1.82, 2.24) is 4.31 Å². The maximum absolute atomic E-state index is 13.1. The van der Waals surface area contributed by atoms with Gasteiger partial charge < -0.3 is 14.2 Å². The minimum atomic E-state index is -3.91. The SMILES string of the molecule is CCOC(=O)CN(Cc1ccc(OC)cc1)S(=O)(=O)c1ccc(OC)cc1. The molecule has 0 aliphatic rings. The lowest BCUT2D eigenvalue weighted by Gasteiger charge is -2.21. The van der Waals surface area contributed by atoms with Crippen molar-refractivity contribution in [2.45, 2.75) is 18.4 Å². The molecule has 0 amide bonds. The second-order valence-electron chi connectivity index (χ2n) is 5.60. The van der Waals surface area contributed by atoms with Crippen LogP contribution in [0.2, 0.25) is 0 Å². The number of hydrogen-bond acceptors (Lipinski definition) is 6. The third-order valence-electron chi connectivity index (χ3n) is 3.83. The minimum Gasteiger partial charge on any atom is -0.497 e. The van der Waals surface area contributed by atoms with Gasteiger partial charge in [-0.25, -0.2) is 8.42 Å². The summed E-state index contributed by atoms with van der Waals surface area (Å²) < 4.78 is 42.3. The summed E-state index contributed by atoms with van der Waals surface area (Å²) in [6, 6.07) is 13.0. The second kappa shape index (κ2) is 9.38. The highest BCUT2D eigenvalue weighted by Gasteiger charge is 2.27. The number of carbonyl (C=O) groups is 1. The average molecular weight is 393 g/mol. The van der Waals surface area contributed by atoms with Gasteiger partial charge >= 0.3 is 5.97 Å². The largest absolute Gasteiger partial charge is 0.497 e. The summed E-state index contributed by atoms with van der Waals surface area (Å²) in [5.41, 5.74) is 0.720. The number of benzene rings is 2. The molecule has 0 radical (unpaired) electrons. The monoisotopic (exact) mass is 393 g/mol. The Hall–Kier alpha value is -2.58. The van der Waals surface area contributed by atoms with Crippen LogP contribution in [0.25, 0.3) is 0 Å². The molecule has 0 fully saturated rings. The van der Waals surface area contributed by atoms with Gasteiger partial charge in [0.2, 0.25) is 10.0 Å². The number of rotatable bonds is 9. The third-order valence-corrected chi connectivity index (χ3v) is 5.63. The molecular formula is C19H23NO6S. The Kier molecular flexibility index (Phi) is 7.20. The van der Waals surface area contributed by atoms with Crippen LogP contribution in [0.15, 0.2) is 53.4 Å². The summed E-state index contributed by atoms with van der Waals surface area (Å²) >= 11 is 0. The quantitative estimate of drug-likeness (QED) is 0.609. The Morgan fingerprint density at radius 1 is 0.926 bits per heavy atom. The molecule has 146 valence electrons. The van der Waals surface area contributed by atoms with Crippen LogP contribution >= 0.6 is 0 Å². The van der Waals surface area contributed by atoms with E-state index in [4.69, 9.17) is 14.2 Å². The molecule has 0 aliphatic heterocycles. The van der Waals surface area contributed by atoms with E-state index in [-0.39, 0.29) is 24.6 Å². The number of esters is 1. The van der Waals surface area contributed by atoms with Gasteiger partial charge in [-0.05, 0) is 48.9 Å². The smallest absolute Gasteiger partial charge is 0.321 e. The second-order valence-corrected chi connectivity index (χ2v) is 7.54. The molecule has 0 aliphatic carbocycles. The summed E-state index contributed by atoms with van der Waals surface area (Å²) in [7, 11) is -0.856. The first-order valence-electron chi connectivity index (χ1n) is 8.33. The molecule has 2 aromatic rings. The zero-order valence-electron chi connectivity index (χ0n) is 15.5. The van der Waals surface area contributed by atoms with Crippen LogP contribution in [-0.2, 0) is 26.1 Å². The van der Waals surface area contributed by atoms with Crippen LogP contribution in [0.1, 0.15) is 12.5 Å². The molecule has 0 saturated heterocycles. The van der Waals surface area contributed by atoms with E-state index in [2.05, 4.69) is 0 Å². The van der Waals surface area contributed by atoms with Crippen molar-refractivity contribution in [3.8, 4) is 11.5 Å². The van der Waals surface area contributed by atoms with Crippen LogP contribution in [-0.4, -0.2) is 46.1 Å². The van der Waals surface area contributed by atoms with Crippen LogP contribution in [0.4, 0.5) is 0 Å². The van der Waals surface area contributed by atoms with E-state index in [0.29, 0.717) is 11.5 Å². The first-order chi connectivity index (χ1) is 12.9. The fourth-order valence-corrected chi connectivity index (χ4v) is 3.78. The minimum absolute atomic E-state index is 0.0250. The summed E-state index contributed by atoms with van der Waals surface area (Å²) in [5.74, 6) is 0.595. The number of methoxy groups -OCH3 is 2. The molecular weight excluding hydrogens is 370 g/mol. The van der Waals surface area contributed by atoms with Gasteiger partial charge in [-0.15, -0.1) is 0 Å². The maximum atomic E-state index is 13.1. The fourth-order valence-electron chi connectivity index (χ4n) is 2.41. The first kappa shape index (κ1) is 20.7. The van der Waals surface area contributed by atoms with Crippen LogP contribution in [0.3, 0.4) is 0 Å². The Balaban J connectivity index is 2.32. The van der Waals surface area contributed by atoms with Gasteiger partial charge in [-0.2, -0.15) is 4.31 Å². The van der Waals surface area contributed by atoms with Crippen molar-refractivity contribution in [2.75, 3.05) is 27.4 Å². The van der Waals surface area contributed by atoms with Gasteiger partial charge in [0.15, 0.2) is 0 Å². The van der Waals surface area contributed by atoms with Gasteiger partial charge in [0.1, 0.15) is 18.0 Å². The number of hydrogen-bond donors (Lipinski definition) is 0. The molecule has 0 aromatic heterocycles. The first-order valence-corrected chi connectivity index (χ1v) is 9.77. The molecule has 8 heteroatoms. The van der Waals surface area contributed by atoms with Crippen molar-refractivity contribution in [3.05, 3.63) is 54.1 Å². The van der Waals surface area contributed by atoms with Crippen LogP contribution < -0.4 is 9.47 Å². The summed E-state index contributed by atoms with van der Waals surface area (Å²) in [5, 5.41) is 0. The highest BCUT2D eigenvalue weighted by Crippen LogP contribution is 2.22. The molecule has 7 nitrogen and oxygen atoms in total. The van der Waals surface area contributed by atoms with Crippen molar-refractivity contribution in [3.63, 3.8) is 0 Å². The number of sulfonamides is 1. The zero-order chi connectivity index (χ0) is 19.9. The van der Waals surface area contributed by atoms with Crippen LogP contribution in [0, 0.1) is 0 Å². The third kappa shape index (κ3) is 5.45. The van der Waals surface area contributed by atoms with E-state index >= 15 is 0 Å². The molecule has 0 bridgehead atoms. The van der Waals surface area contributed by atoms with Crippen LogP contribution in [0.5, 0.6) is 11.5 Å². The molecule has 0 saturated carbocycles. The summed E-state index contributed by atoms with van der Waals surface area (Å²) in [6.07, 6.45) is 0. The molecule has 2 aromatic carbocycles. The standard InChI is InChI=1S/C19H23NO6S/c1-4-26-19(21)14-20(13-15-5-7-16(24-2)8-6-15)27(22,23)18-11-9-17(25-3)10-12-18/h5-12H,4,13-14H2,1-3H3. The van der Waals surface area contributed by atoms with Crippen molar-refractivity contribution in [2.24, 2.45) is 0 Å². The Labute approximate surface area is 159 Å². The van der Waals surface area contributed by atoms with Gasteiger partial charge in [-0.3, -0.25) is 4.79 Å². The Morgan fingerprint density at radius 3 is 1.93 bits per heavy atom. The van der Waals surface area contributed by atoms with Crippen molar-refractivity contribution in [1.29, 1.82) is 0 Å². The maximum Gasteiger partial charge on any atom is 0.321 e. The molecule has 0 unspecified atom stereocenters. The van der Waals surface area contributed by atoms with Crippen molar-refractivity contribution >= 4 is 16.0 Å². The normalized spacial score (nSPS) is 11.3. The topological polar surface area (TPSA) is 82.1 Å². The molecule has 0 N–H and O–H groups in total. The highest BCUT2D eigenvalue weighted by atomic mass is 32.2. The van der Waals surface area contributed by atoms with E-state index in [1.54, 1.807) is 50.4 Å². The van der Waals surface area contributed by atoms with Gasteiger partial charge in [0.05, 0.1) is 25.7 Å². The summed E-state index contributed by atoms with van der Waals surface area (Å²) in [6.45, 7) is 1.49.